The molecule has 0 radical (unpaired) electrons. The van der Waals surface area contributed by atoms with Gasteiger partial charge in [-0.15, -0.1) is 11.6 Å². The maximum Gasteiger partial charge on any atom is 0.416 e. The van der Waals surface area contributed by atoms with E-state index in [1.54, 1.807) is 0 Å². The first-order chi connectivity index (χ1) is 8.34. The fraction of sp³-hybridized carbons (Fsp3) is 0.455. The van der Waals surface area contributed by atoms with Crippen molar-refractivity contribution in [3.8, 4) is 5.75 Å². The number of benzene rings is 1. The molecule has 18 heavy (non-hydrogen) atoms. The van der Waals surface area contributed by atoms with Crippen LogP contribution in [0.5, 0.6) is 5.75 Å². The molecule has 0 aliphatic heterocycles. The summed E-state index contributed by atoms with van der Waals surface area (Å²) >= 11 is 5.41. The highest BCUT2D eigenvalue weighted by atomic mass is 35.5. The number of rotatable bonds is 5. The van der Waals surface area contributed by atoms with Gasteiger partial charge in [0.15, 0.2) is 0 Å². The lowest BCUT2D eigenvalue weighted by Gasteiger charge is -2.14. The molecule has 1 aromatic rings. The highest BCUT2D eigenvalue weighted by Crippen LogP contribution is 2.34. The molecule has 102 valence electrons. The maximum atomic E-state index is 12.6. The lowest BCUT2D eigenvalue weighted by molar-refractivity contribution is -0.138. The number of hydrogen-bond acceptors (Lipinski definition) is 1. The quantitative estimate of drug-likeness (QED) is 0.573. The Hall–Kier alpha value is -1.04. The van der Waals surface area contributed by atoms with Crippen LogP contribution >= 0.6 is 11.6 Å². The predicted molar refractivity (Wildman–Crippen MR) is 57.1 cm³/mol. The fourth-order valence-corrected chi connectivity index (χ4v) is 1.62. The van der Waals surface area contributed by atoms with Crippen LogP contribution < -0.4 is 4.74 Å². The molecule has 0 unspecified atom stereocenters. The van der Waals surface area contributed by atoms with Crippen LogP contribution in [-0.2, 0) is 12.6 Å². The Labute approximate surface area is 106 Å². The molecule has 1 nitrogen and oxygen atoms in total. The van der Waals surface area contributed by atoms with Crippen LogP contribution in [-0.4, -0.2) is 12.5 Å². The third kappa shape index (κ3) is 4.33. The minimum atomic E-state index is -4.52. The van der Waals surface area contributed by atoms with E-state index in [1.807, 2.05) is 0 Å². The molecule has 0 fully saturated rings. The van der Waals surface area contributed by atoms with Gasteiger partial charge < -0.3 is 4.74 Å². The van der Waals surface area contributed by atoms with Gasteiger partial charge in [-0.2, -0.15) is 22.0 Å². The summed E-state index contributed by atoms with van der Waals surface area (Å²) in [6, 6.07) is 2.59. The van der Waals surface area contributed by atoms with Crippen LogP contribution in [0.15, 0.2) is 18.2 Å². The van der Waals surface area contributed by atoms with Crippen LogP contribution in [0.3, 0.4) is 0 Å². The molecular weight excluding hydrogens is 279 g/mol. The van der Waals surface area contributed by atoms with Gasteiger partial charge >= 0.3 is 12.8 Å². The third-order valence-corrected chi connectivity index (χ3v) is 2.45. The summed E-state index contributed by atoms with van der Waals surface area (Å²) in [7, 11) is 0. The van der Waals surface area contributed by atoms with E-state index in [1.165, 1.54) is 0 Å². The zero-order chi connectivity index (χ0) is 13.8. The molecule has 0 bridgehead atoms. The topological polar surface area (TPSA) is 9.23 Å². The summed E-state index contributed by atoms with van der Waals surface area (Å²) in [6.07, 6.45) is -4.15. The Morgan fingerprint density at radius 3 is 2.39 bits per heavy atom. The van der Waals surface area contributed by atoms with E-state index in [-0.39, 0.29) is 23.6 Å². The van der Waals surface area contributed by atoms with Crippen molar-refractivity contribution in [2.24, 2.45) is 0 Å². The average molecular weight is 289 g/mol. The second-order valence-corrected chi connectivity index (χ2v) is 3.87. The van der Waals surface area contributed by atoms with Crippen molar-refractivity contribution in [3.63, 3.8) is 0 Å². The Balaban J connectivity index is 3.04. The third-order valence-electron chi connectivity index (χ3n) is 2.19. The first kappa shape index (κ1) is 15.0. The van der Waals surface area contributed by atoms with Crippen molar-refractivity contribution in [2.45, 2.75) is 25.6 Å². The molecule has 7 heteroatoms. The lowest BCUT2D eigenvalue weighted by Crippen LogP contribution is -2.10. The summed E-state index contributed by atoms with van der Waals surface area (Å²) in [6.45, 7) is -3.07. The number of ether oxygens (including phenoxy) is 1. The molecule has 0 heterocycles. The monoisotopic (exact) mass is 288 g/mol. The van der Waals surface area contributed by atoms with Gasteiger partial charge in [0.1, 0.15) is 5.75 Å². The minimum absolute atomic E-state index is 0.0543. The molecular formula is C11H10ClF5O. The van der Waals surface area contributed by atoms with Crippen LogP contribution in [0.4, 0.5) is 22.0 Å². The van der Waals surface area contributed by atoms with E-state index in [2.05, 4.69) is 4.74 Å². The van der Waals surface area contributed by atoms with E-state index < -0.39 is 18.4 Å². The minimum Gasteiger partial charge on any atom is -0.435 e. The zero-order valence-electron chi connectivity index (χ0n) is 9.11. The van der Waals surface area contributed by atoms with Crippen LogP contribution in [0.1, 0.15) is 17.5 Å². The number of halogens is 6. The second kappa shape index (κ2) is 6.22. The summed E-state index contributed by atoms with van der Waals surface area (Å²) < 4.78 is 66.0. The summed E-state index contributed by atoms with van der Waals surface area (Å²) in [5, 5.41) is 0. The first-order valence-corrected chi connectivity index (χ1v) is 5.59. The zero-order valence-corrected chi connectivity index (χ0v) is 9.86. The Morgan fingerprint density at radius 1 is 1.22 bits per heavy atom. The SMILES string of the molecule is FC(F)Oc1ccc(C(F)(F)F)c(CCCCl)c1. The molecule has 0 aliphatic rings. The highest BCUT2D eigenvalue weighted by Gasteiger charge is 2.33. The van der Waals surface area contributed by atoms with Gasteiger partial charge in [-0.3, -0.25) is 0 Å². The second-order valence-electron chi connectivity index (χ2n) is 3.49. The molecule has 0 N–H and O–H groups in total. The van der Waals surface area contributed by atoms with Gasteiger partial charge in [-0.1, -0.05) is 0 Å². The van der Waals surface area contributed by atoms with Crippen LogP contribution in [0.2, 0.25) is 0 Å². The Kier molecular flexibility index (Phi) is 5.19. The first-order valence-electron chi connectivity index (χ1n) is 5.05. The Morgan fingerprint density at radius 2 is 1.89 bits per heavy atom. The van der Waals surface area contributed by atoms with Crippen molar-refractivity contribution in [1.29, 1.82) is 0 Å². The maximum absolute atomic E-state index is 12.6. The van der Waals surface area contributed by atoms with Gasteiger partial charge in [0, 0.05) is 5.88 Å². The number of hydrogen-bond donors (Lipinski definition) is 0. The van der Waals surface area contributed by atoms with Crippen molar-refractivity contribution in [2.75, 3.05) is 5.88 Å². The van der Waals surface area contributed by atoms with E-state index in [9.17, 15) is 22.0 Å². The number of aryl methyl sites for hydroxylation is 1. The highest BCUT2D eigenvalue weighted by molar-refractivity contribution is 6.17. The molecule has 0 aromatic heterocycles. The van der Waals surface area contributed by atoms with E-state index >= 15 is 0 Å². The molecule has 0 atom stereocenters. The van der Waals surface area contributed by atoms with Crippen LogP contribution in [0, 0.1) is 0 Å². The van der Waals surface area contributed by atoms with Gasteiger partial charge in [-0.05, 0) is 36.6 Å². The van der Waals surface area contributed by atoms with E-state index in [4.69, 9.17) is 11.6 Å². The summed E-state index contributed by atoms with van der Waals surface area (Å²) in [4.78, 5) is 0. The number of alkyl halides is 6. The van der Waals surface area contributed by atoms with Gasteiger partial charge in [0.05, 0.1) is 5.56 Å². The standard InChI is InChI=1S/C11H10ClF5O/c12-5-1-2-7-6-8(18-10(13)14)3-4-9(7)11(15,16)17/h3-4,6,10H,1-2,5H2. The predicted octanol–water partition coefficient (Wildman–Crippen LogP) is 4.48. The molecule has 0 spiro atoms. The molecule has 0 saturated carbocycles. The lowest BCUT2D eigenvalue weighted by atomic mass is 10.0. The van der Waals surface area contributed by atoms with Crippen LogP contribution in [0.25, 0.3) is 0 Å². The molecule has 1 rings (SSSR count). The summed E-state index contributed by atoms with van der Waals surface area (Å²) in [5.41, 5.74) is -0.949. The largest absolute Gasteiger partial charge is 0.435 e. The molecule has 0 saturated heterocycles. The van der Waals surface area contributed by atoms with E-state index in [0.717, 1.165) is 18.2 Å². The smallest absolute Gasteiger partial charge is 0.416 e. The molecule has 0 aliphatic carbocycles. The molecule has 0 amide bonds. The van der Waals surface area contributed by atoms with Crippen molar-refractivity contribution < 1.29 is 26.7 Å². The fourth-order valence-electron chi connectivity index (χ4n) is 1.49. The van der Waals surface area contributed by atoms with Gasteiger partial charge in [0.2, 0.25) is 0 Å². The van der Waals surface area contributed by atoms with E-state index in [0.29, 0.717) is 6.42 Å². The van der Waals surface area contributed by atoms with Gasteiger partial charge in [0.25, 0.3) is 0 Å². The van der Waals surface area contributed by atoms with Crippen molar-refractivity contribution >= 4 is 11.6 Å². The average Bonchev–Trinajstić information content (AvgIpc) is 2.24. The Bertz CT molecular complexity index is 392. The molecule has 1 aromatic carbocycles. The van der Waals surface area contributed by atoms with Crippen molar-refractivity contribution in [3.05, 3.63) is 29.3 Å². The van der Waals surface area contributed by atoms with Gasteiger partial charge in [-0.25, -0.2) is 0 Å². The van der Waals surface area contributed by atoms with Crippen molar-refractivity contribution in [1.82, 2.24) is 0 Å². The normalized spacial score (nSPS) is 11.9. The summed E-state index contributed by atoms with van der Waals surface area (Å²) in [5.74, 6) is -0.0976.